The number of carbonyl (C=O) groups excluding carboxylic acids is 2. The minimum absolute atomic E-state index is 0.0299. The summed E-state index contributed by atoms with van der Waals surface area (Å²) in [6.07, 6.45) is 1.74. The first kappa shape index (κ1) is 19.4. The number of anilines is 1. The van der Waals surface area contributed by atoms with Crippen molar-refractivity contribution in [2.45, 2.75) is 37.5 Å². The van der Waals surface area contributed by atoms with Gasteiger partial charge in [0, 0.05) is 25.3 Å². The first-order valence-electron chi connectivity index (χ1n) is 9.91. The van der Waals surface area contributed by atoms with Gasteiger partial charge in [0.15, 0.2) is 0 Å². The number of nitrogens with two attached hydrogens (primary N) is 1. The Hall–Kier alpha value is -2.90. The van der Waals surface area contributed by atoms with Crippen LogP contribution in [0.25, 0.3) is 0 Å². The van der Waals surface area contributed by atoms with Crippen molar-refractivity contribution < 1.29 is 19.1 Å². The molecule has 7 heteroatoms. The minimum Gasteiger partial charge on any atom is -0.457 e. The fraction of sp³-hybridized carbons (Fsp3) is 0.364. The largest absolute Gasteiger partial charge is 0.457 e. The molecule has 2 aromatic rings. The van der Waals surface area contributed by atoms with Gasteiger partial charge in [-0.25, -0.2) is 0 Å². The van der Waals surface area contributed by atoms with E-state index in [2.05, 4.69) is 5.32 Å². The van der Waals surface area contributed by atoms with Crippen molar-refractivity contribution in [3.8, 4) is 11.5 Å². The molecule has 2 aromatic carbocycles. The monoisotopic (exact) mass is 395 g/mol. The van der Waals surface area contributed by atoms with Crippen LogP contribution in [0.5, 0.6) is 11.5 Å². The molecule has 0 aliphatic carbocycles. The lowest BCUT2D eigenvalue weighted by atomic mass is 10.1. The second kappa shape index (κ2) is 8.63. The van der Waals surface area contributed by atoms with E-state index >= 15 is 0 Å². The van der Waals surface area contributed by atoms with E-state index in [1.807, 2.05) is 54.6 Å². The van der Waals surface area contributed by atoms with Crippen LogP contribution in [0.4, 0.5) is 5.69 Å². The Kier molecular flexibility index (Phi) is 5.78. The zero-order valence-electron chi connectivity index (χ0n) is 16.1. The van der Waals surface area contributed by atoms with Gasteiger partial charge in [-0.05, 0) is 49.2 Å². The highest BCUT2D eigenvalue weighted by Gasteiger charge is 2.35. The fourth-order valence-corrected chi connectivity index (χ4v) is 3.72. The topological polar surface area (TPSA) is 93.9 Å². The molecule has 2 saturated heterocycles. The van der Waals surface area contributed by atoms with Crippen LogP contribution in [0.3, 0.4) is 0 Å². The molecule has 2 heterocycles. The fourth-order valence-electron chi connectivity index (χ4n) is 3.72. The van der Waals surface area contributed by atoms with Gasteiger partial charge in [-0.2, -0.15) is 0 Å². The molecule has 2 aliphatic heterocycles. The van der Waals surface area contributed by atoms with Crippen molar-refractivity contribution in [1.29, 1.82) is 0 Å². The summed E-state index contributed by atoms with van der Waals surface area (Å²) in [6, 6.07) is 15.9. The Morgan fingerprint density at radius 3 is 2.55 bits per heavy atom. The molecule has 3 unspecified atom stereocenters. The first-order chi connectivity index (χ1) is 14.1. The van der Waals surface area contributed by atoms with E-state index in [0.717, 1.165) is 24.3 Å². The highest BCUT2D eigenvalue weighted by molar-refractivity contribution is 5.97. The van der Waals surface area contributed by atoms with Gasteiger partial charge in [-0.1, -0.05) is 18.2 Å². The molecule has 3 atom stereocenters. The predicted molar refractivity (Wildman–Crippen MR) is 109 cm³/mol. The number of nitrogens with one attached hydrogen (secondary N) is 1. The molecule has 0 bridgehead atoms. The number of benzene rings is 2. The summed E-state index contributed by atoms with van der Waals surface area (Å²) in [6.45, 7) is 1.06. The van der Waals surface area contributed by atoms with E-state index in [4.69, 9.17) is 15.2 Å². The SMILES string of the molecule is NC(C(=O)NC1CC(=O)N(c2ccc(Oc3ccccc3)cc2)C1)C1CCCO1. The third kappa shape index (κ3) is 4.58. The molecule has 0 aromatic heterocycles. The molecule has 0 spiro atoms. The lowest BCUT2D eigenvalue weighted by Gasteiger charge is -2.21. The van der Waals surface area contributed by atoms with E-state index < -0.39 is 6.04 Å². The van der Waals surface area contributed by atoms with E-state index in [9.17, 15) is 9.59 Å². The van der Waals surface area contributed by atoms with Crippen LogP contribution in [-0.4, -0.2) is 43.2 Å². The molecule has 29 heavy (non-hydrogen) atoms. The average molecular weight is 395 g/mol. The van der Waals surface area contributed by atoms with Gasteiger partial charge in [0.1, 0.15) is 17.5 Å². The Bertz CT molecular complexity index is 850. The van der Waals surface area contributed by atoms with Gasteiger partial charge in [-0.3, -0.25) is 9.59 Å². The first-order valence-corrected chi connectivity index (χ1v) is 9.91. The molecule has 0 radical (unpaired) electrons. The zero-order chi connectivity index (χ0) is 20.2. The Labute approximate surface area is 169 Å². The van der Waals surface area contributed by atoms with Crippen molar-refractivity contribution in [2.75, 3.05) is 18.1 Å². The van der Waals surface area contributed by atoms with Crippen LogP contribution in [0, 0.1) is 0 Å². The molecule has 2 aliphatic rings. The molecule has 0 saturated carbocycles. The van der Waals surface area contributed by atoms with Crippen molar-refractivity contribution >= 4 is 17.5 Å². The lowest BCUT2D eigenvalue weighted by molar-refractivity contribution is -0.125. The number of hydrogen-bond donors (Lipinski definition) is 2. The van der Waals surface area contributed by atoms with Gasteiger partial charge in [0.25, 0.3) is 0 Å². The van der Waals surface area contributed by atoms with Gasteiger partial charge < -0.3 is 25.4 Å². The smallest absolute Gasteiger partial charge is 0.239 e. The number of nitrogens with zero attached hydrogens (tertiary/aromatic N) is 1. The van der Waals surface area contributed by atoms with Gasteiger partial charge in [0.2, 0.25) is 11.8 Å². The molecule has 3 N–H and O–H groups in total. The Morgan fingerprint density at radius 2 is 1.86 bits per heavy atom. The maximum absolute atomic E-state index is 12.5. The highest BCUT2D eigenvalue weighted by atomic mass is 16.5. The van der Waals surface area contributed by atoms with E-state index in [1.165, 1.54) is 0 Å². The van der Waals surface area contributed by atoms with Crippen LogP contribution < -0.4 is 20.7 Å². The second-order valence-electron chi connectivity index (χ2n) is 7.40. The number of ether oxygens (including phenoxy) is 2. The summed E-state index contributed by atoms with van der Waals surface area (Å²) < 4.78 is 11.3. The van der Waals surface area contributed by atoms with Crippen molar-refractivity contribution in [3.05, 3.63) is 54.6 Å². The minimum atomic E-state index is -0.698. The third-order valence-corrected chi connectivity index (χ3v) is 5.27. The van der Waals surface area contributed by atoms with E-state index in [-0.39, 0.29) is 30.4 Å². The number of rotatable bonds is 6. The summed E-state index contributed by atoms with van der Waals surface area (Å²) in [5, 5.41) is 2.90. The molecule has 4 rings (SSSR count). The number of amides is 2. The maximum atomic E-state index is 12.5. The lowest BCUT2D eigenvalue weighted by Crippen LogP contribution is -2.51. The number of para-hydroxylation sites is 1. The van der Waals surface area contributed by atoms with Crippen LogP contribution in [0.15, 0.2) is 54.6 Å². The molecule has 152 valence electrons. The summed E-state index contributed by atoms with van der Waals surface area (Å²) in [7, 11) is 0. The van der Waals surface area contributed by atoms with Crippen molar-refractivity contribution in [2.24, 2.45) is 5.73 Å². The zero-order valence-corrected chi connectivity index (χ0v) is 16.1. The summed E-state index contributed by atoms with van der Waals surface area (Å²) in [5.74, 6) is 1.16. The Morgan fingerprint density at radius 1 is 1.14 bits per heavy atom. The van der Waals surface area contributed by atoms with Crippen LogP contribution >= 0.6 is 0 Å². The molecule has 7 nitrogen and oxygen atoms in total. The molecular weight excluding hydrogens is 370 g/mol. The van der Waals surface area contributed by atoms with E-state index in [0.29, 0.717) is 18.9 Å². The standard InChI is InChI=1S/C22H25N3O4/c23-21(19-7-4-12-28-19)22(27)24-15-13-20(26)25(14-15)16-8-10-18(11-9-16)29-17-5-2-1-3-6-17/h1-3,5-6,8-11,15,19,21H,4,7,12-14,23H2,(H,24,27). The van der Waals surface area contributed by atoms with Gasteiger partial charge in [-0.15, -0.1) is 0 Å². The molecule has 2 fully saturated rings. The van der Waals surface area contributed by atoms with Gasteiger partial charge in [0.05, 0.1) is 12.1 Å². The quantitative estimate of drug-likeness (QED) is 0.782. The number of hydrogen-bond acceptors (Lipinski definition) is 5. The summed E-state index contributed by atoms with van der Waals surface area (Å²) in [4.78, 5) is 26.5. The summed E-state index contributed by atoms with van der Waals surface area (Å²) >= 11 is 0. The third-order valence-electron chi connectivity index (χ3n) is 5.27. The van der Waals surface area contributed by atoms with E-state index in [1.54, 1.807) is 4.90 Å². The van der Waals surface area contributed by atoms with Crippen LogP contribution in [0.1, 0.15) is 19.3 Å². The predicted octanol–water partition coefficient (Wildman–Crippen LogP) is 2.21. The van der Waals surface area contributed by atoms with Crippen LogP contribution in [-0.2, 0) is 14.3 Å². The number of carbonyl (C=O) groups is 2. The van der Waals surface area contributed by atoms with Crippen molar-refractivity contribution in [1.82, 2.24) is 5.32 Å². The van der Waals surface area contributed by atoms with Crippen molar-refractivity contribution in [3.63, 3.8) is 0 Å². The average Bonchev–Trinajstić information content (AvgIpc) is 3.39. The van der Waals surface area contributed by atoms with Gasteiger partial charge >= 0.3 is 0 Å². The molecular formula is C22H25N3O4. The molecule has 2 amide bonds. The van der Waals surface area contributed by atoms with Crippen LogP contribution in [0.2, 0.25) is 0 Å². The highest BCUT2D eigenvalue weighted by Crippen LogP contribution is 2.27. The normalized spacial score (nSPS) is 22.5. The second-order valence-corrected chi connectivity index (χ2v) is 7.40. The summed E-state index contributed by atoms with van der Waals surface area (Å²) in [5.41, 5.74) is 6.79. The Balaban J connectivity index is 1.34. The maximum Gasteiger partial charge on any atom is 0.239 e.